The Morgan fingerprint density at radius 1 is 1.62 bits per heavy atom. The van der Waals surface area contributed by atoms with Crippen LogP contribution >= 0.6 is 15.9 Å². The van der Waals surface area contributed by atoms with Gasteiger partial charge in [-0.25, -0.2) is 9.18 Å². The van der Waals surface area contributed by atoms with Crippen LogP contribution in [0, 0.1) is 5.82 Å². The van der Waals surface area contributed by atoms with Gasteiger partial charge in [0, 0.05) is 0 Å². The van der Waals surface area contributed by atoms with Crippen LogP contribution < -0.4 is 0 Å². The Kier molecular flexibility index (Phi) is 3.09. The molecule has 1 aromatic rings. The van der Waals surface area contributed by atoms with Gasteiger partial charge in [-0.1, -0.05) is 6.32 Å². The van der Waals surface area contributed by atoms with Crippen LogP contribution in [0.4, 0.5) is 4.39 Å². The van der Waals surface area contributed by atoms with Gasteiger partial charge in [-0.15, -0.1) is 0 Å². The van der Waals surface area contributed by atoms with Crippen LogP contribution in [0.3, 0.4) is 0 Å². The Morgan fingerprint density at radius 2 is 2.23 bits per heavy atom. The first-order chi connectivity index (χ1) is 6.06. The van der Waals surface area contributed by atoms with E-state index >= 15 is 0 Å². The molecule has 0 saturated heterocycles. The molecule has 0 saturated carbocycles. The van der Waals surface area contributed by atoms with E-state index in [2.05, 4.69) is 15.9 Å². The summed E-state index contributed by atoms with van der Waals surface area (Å²) in [6.45, 7) is 0. The molecule has 1 rings (SSSR count). The molecule has 0 aromatic heterocycles. The van der Waals surface area contributed by atoms with Crippen LogP contribution in [0.5, 0.6) is 0 Å². The fraction of sp³-hybridized carbons (Fsp3) is 0.125. The van der Waals surface area contributed by atoms with Crippen molar-refractivity contribution < 1.29 is 14.3 Å². The number of hydrogen-bond acceptors (Lipinski definition) is 1. The summed E-state index contributed by atoms with van der Waals surface area (Å²) in [7, 11) is 5.26. The number of carboxylic acid groups (broad SMARTS) is 1. The molecule has 66 valence electrons. The Bertz CT molecular complexity index is 354. The van der Waals surface area contributed by atoms with E-state index in [0.29, 0.717) is 0 Å². The number of benzene rings is 1. The Labute approximate surface area is 84.3 Å². The van der Waals surface area contributed by atoms with Crippen molar-refractivity contribution in [3.8, 4) is 0 Å². The highest BCUT2D eigenvalue weighted by Crippen LogP contribution is 2.20. The Balaban J connectivity index is 3.33. The van der Waals surface area contributed by atoms with Crippen molar-refractivity contribution in [2.75, 3.05) is 0 Å². The van der Waals surface area contributed by atoms with E-state index in [-0.39, 0.29) is 21.9 Å². The third-order valence-corrected chi connectivity index (χ3v) is 2.20. The number of hydrogen-bond donors (Lipinski definition) is 1. The average Bonchev–Trinajstić information content (AvgIpc) is 2.08. The first-order valence-corrected chi connectivity index (χ1v) is 4.27. The van der Waals surface area contributed by atoms with Crippen molar-refractivity contribution in [3.63, 3.8) is 0 Å². The van der Waals surface area contributed by atoms with Crippen molar-refractivity contribution in [1.82, 2.24) is 0 Å². The van der Waals surface area contributed by atoms with Crippen molar-refractivity contribution in [1.29, 1.82) is 0 Å². The summed E-state index contributed by atoms with van der Waals surface area (Å²) in [5.74, 6) is -1.62. The summed E-state index contributed by atoms with van der Waals surface area (Å²) in [6, 6.07) is 2.33. The molecule has 0 aliphatic rings. The summed E-state index contributed by atoms with van der Waals surface area (Å²) < 4.78 is 13.0. The summed E-state index contributed by atoms with van der Waals surface area (Å²) in [6.07, 6.45) is 0.00579. The van der Waals surface area contributed by atoms with Crippen molar-refractivity contribution in [3.05, 3.63) is 33.5 Å². The second-order valence-corrected chi connectivity index (χ2v) is 3.29. The lowest BCUT2D eigenvalue weighted by Crippen LogP contribution is -2.03. The zero-order valence-electron chi connectivity index (χ0n) is 6.55. The highest BCUT2D eigenvalue weighted by atomic mass is 79.9. The maximum atomic E-state index is 12.9. The minimum atomic E-state index is -1.11. The fourth-order valence-electron chi connectivity index (χ4n) is 0.956. The van der Waals surface area contributed by atoms with Gasteiger partial charge in [0.1, 0.15) is 5.82 Å². The molecule has 1 aromatic carbocycles. The van der Waals surface area contributed by atoms with E-state index in [1.54, 1.807) is 0 Å². The van der Waals surface area contributed by atoms with Gasteiger partial charge in [0.25, 0.3) is 0 Å². The van der Waals surface area contributed by atoms with Gasteiger partial charge in [-0.05, 0) is 33.6 Å². The summed E-state index contributed by atoms with van der Waals surface area (Å²) >= 11 is 2.90. The zero-order chi connectivity index (χ0) is 10.0. The molecule has 1 N–H and O–H groups in total. The van der Waals surface area contributed by atoms with Gasteiger partial charge >= 0.3 is 5.97 Å². The van der Waals surface area contributed by atoms with Crippen LogP contribution in [0.2, 0.25) is 0 Å². The van der Waals surface area contributed by atoms with Crippen molar-refractivity contribution >= 4 is 29.7 Å². The van der Waals surface area contributed by atoms with Gasteiger partial charge < -0.3 is 5.11 Å². The largest absolute Gasteiger partial charge is 0.478 e. The standard InChI is InChI=1S/C8H5BBrFO2/c9-3-4-1-7(11)6(10)2-5(4)8(12)13/h1-2H,3H2,(H,12,13). The highest BCUT2D eigenvalue weighted by molar-refractivity contribution is 9.10. The Morgan fingerprint density at radius 3 is 2.69 bits per heavy atom. The molecule has 5 heteroatoms. The zero-order valence-corrected chi connectivity index (χ0v) is 8.14. The third-order valence-electron chi connectivity index (χ3n) is 1.60. The van der Waals surface area contributed by atoms with Crippen molar-refractivity contribution in [2.45, 2.75) is 6.32 Å². The van der Waals surface area contributed by atoms with Crippen molar-refractivity contribution in [2.24, 2.45) is 0 Å². The summed E-state index contributed by atoms with van der Waals surface area (Å²) in [5.41, 5.74) is 0.309. The fourth-order valence-corrected chi connectivity index (χ4v) is 1.30. The number of rotatable bonds is 2. The number of aromatic carboxylic acids is 1. The summed E-state index contributed by atoms with van der Waals surface area (Å²) in [5, 5.41) is 8.71. The first-order valence-electron chi connectivity index (χ1n) is 3.47. The molecule has 0 spiro atoms. The van der Waals surface area contributed by atoms with Crippen LogP contribution in [0.1, 0.15) is 15.9 Å². The van der Waals surface area contributed by atoms with Gasteiger partial charge in [-0.3, -0.25) is 0 Å². The van der Waals surface area contributed by atoms with E-state index < -0.39 is 11.8 Å². The second kappa shape index (κ2) is 3.92. The normalized spacial score (nSPS) is 10.0. The molecule has 0 bridgehead atoms. The van der Waals surface area contributed by atoms with E-state index in [1.807, 2.05) is 0 Å². The maximum Gasteiger partial charge on any atom is 0.335 e. The average molecular weight is 243 g/mol. The minimum absolute atomic E-state index is 0.00579. The first kappa shape index (κ1) is 10.2. The van der Waals surface area contributed by atoms with Gasteiger partial charge in [0.05, 0.1) is 17.9 Å². The lowest BCUT2D eigenvalue weighted by atomic mass is 9.93. The predicted molar refractivity (Wildman–Crippen MR) is 50.5 cm³/mol. The SMILES string of the molecule is [B]Cc1cc(F)c(Br)cc1C(=O)O. The van der Waals surface area contributed by atoms with Gasteiger partial charge in [0.15, 0.2) is 0 Å². The molecular weight excluding hydrogens is 238 g/mol. The smallest absolute Gasteiger partial charge is 0.335 e. The molecule has 0 unspecified atom stereocenters. The Hall–Kier alpha value is -0.835. The van der Waals surface area contributed by atoms with E-state index in [9.17, 15) is 9.18 Å². The molecular formula is C8H5BBrFO2. The number of carboxylic acids is 1. The van der Waals surface area contributed by atoms with Gasteiger partial charge in [0.2, 0.25) is 0 Å². The van der Waals surface area contributed by atoms with Gasteiger partial charge in [-0.2, -0.15) is 0 Å². The number of halogens is 2. The molecule has 0 atom stereocenters. The molecule has 0 aliphatic heterocycles. The topological polar surface area (TPSA) is 37.3 Å². The molecule has 0 aliphatic carbocycles. The van der Waals surface area contributed by atoms with E-state index in [0.717, 1.165) is 6.07 Å². The molecule has 2 nitrogen and oxygen atoms in total. The quantitative estimate of drug-likeness (QED) is 0.806. The molecule has 2 radical (unpaired) electrons. The molecule has 0 heterocycles. The molecule has 0 fully saturated rings. The van der Waals surface area contributed by atoms with Crippen LogP contribution in [-0.2, 0) is 6.32 Å². The monoisotopic (exact) mass is 242 g/mol. The maximum absolute atomic E-state index is 12.9. The minimum Gasteiger partial charge on any atom is -0.478 e. The third kappa shape index (κ3) is 2.09. The highest BCUT2D eigenvalue weighted by Gasteiger charge is 2.11. The van der Waals surface area contributed by atoms with Crippen LogP contribution in [0.15, 0.2) is 16.6 Å². The van der Waals surface area contributed by atoms with E-state index in [1.165, 1.54) is 6.07 Å². The van der Waals surface area contributed by atoms with Crippen LogP contribution in [0.25, 0.3) is 0 Å². The summed E-state index contributed by atoms with van der Waals surface area (Å²) in [4.78, 5) is 10.6. The predicted octanol–water partition coefficient (Wildman–Crippen LogP) is 1.95. The lowest BCUT2D eigenvalue weighted by molar-refractivity contribution is 0.0696. The molecule has 13 heavy (non-hydrogen) atoms. The van der Waals surface area contributed by atoms with Crippen LogP contribution in [-0.4, -0.2) is 18.9 Å². The number of carbonyl (C=O) groups is 1. The molecule has 0 amide bonds. The second-order valence-electron chi connectivity index (χ2n) is 2.43. The lowest BCUT2D eigenvalue weighted by Gasteiger charge is -2.04. The van der Waals surface area contributed by atoms with E-state index in [4.69, 9.17) is 13.0 Å².